The standard InChI is InChI=1S/C14H19FN2O3/c1-8(2)13(14(19)20)16-7-12(18)17-10-5-4-9(3)11(15)6-10/h4-6,8,13,16H,7H2,1-3H3,(H,17,18)(H,19,20). The number of carboxylic acid groups (broad SMARTS) is 1. The molecule has 1 unspecified atom stereocenters. The Balaban J connectivity index is 2.55. The van der Waals surface area contributed by atoms with E-state index in [4.69, 9.17) is 5.11 Å². The lowest BCUT2D eigenvalue weighted by Crippen LogP contribution is -2.44. The first kappa shape index (κ1) is 16.1. The van der Waals surface area contributed by atoms with Gasteiger partial charge < -0.3 is 10.4 Å². The molecule has 110 valence electrons. The van der Waals surface area contributed by atoms with Crippen molar-refractivity contribution in [3.63, 3.8) is 0 Å². The minimum atomic E-state index is -1.01. The monoisotopic (exact) mass is 282 g/mol. The largest absolute Gasteiger partial charge is 0.480 e. The molecule has 0 aliphatic carbocycles. The summed E-state index contributed by atoms with van der Waals surface area (Å²) in [5.41, 5.74) is 0.836. The van der Waals surface area contributed by atoms with Gasteiger partial charge in [-0.05, 0) is 30.5 Å². The molecule has 0 aliphatic rings. The van der Waals surface area contributed by atoms with Crippen molar-refractivity contribution in [3.05, 3.63) is 29.6 Å². The second-order valence-electron chi connectivity index (χ2n) is 4.95. The van der Waals surface area contributed by atoms with E-state index in [9.17, 15) is 14.0 Å². The third-order valence-corrected chi connectivity index (χ3v) is 2.87. The molecule has 20 heavy (non-hydrogen) atoms. The third-order valence-electron chi connectivity index (χ3n) is 2.87. The van der Waals surface area contributed by atoms with Crippen LogP contribution in [0.3, 0.4) is 0 Å². The molecule has 0 fully saturated rings. The Kier molecular flexibility index (Phi) is 5.64. The molecule has 3 N–H and O–H groups in total. The van der Waals surface area contributed by atoms with Crippen LogP contribution in [0, 0.1) is 18.7 Å². The number of hydrogen-bond acceptors (Lipinski definition) is 3. The summed E-state index contributed by atoms with van der Waals surface area (Å²) in [7, 11) is 0. The summed E-state index contributed by atoms with van der Waals surface area (Å²) in [6.45, 7) is 4.98. The van der Waals surface area contributed by atoms with E-state index in [-0.39, 0.29) is 12.5 Å². The highest BCUT2D eigenvalue weighted by Gasteiger charge is 2.21. The van der Waals surface area contributed by atoms with E-state index < -0.39 is 23.7 Å². The molecule has 1 aromatic carbocycles. The van der Waals surface area contributed by atoms with Crippen LogP contribution in [0.15, 0.2) is 18.2 Å². The number of benzene rings is 1. The minimum absolute atomic E-state index is 0.142. The number of carboxylic acids is 1. The Morgan fingerprint density at radius 2 is 2.00 bits per heavy atom. The predicted octanol–water partition coefficient (Wildman–Crippen LogP) is 1.77. The summed E-state index contributed by atoms with van der Waals surface area (Å²) < 4.78 is 13.3. The first-order valence-electron chi connectivity index (χ1n) is 6.33. The van der Waals surface area contributed by atoms with E-state index in [1.54, 1.807) is 32.9 Å². The maximum absolute atomic E-state index is 13.3. The number of carbonyl (C=O) groups excluding carboxylic acids is 1. The first-order valence-corrected chi connectivity index (χ1v) is 6.33. The molecule has 0 heterocycles. The summed E-state index contributed by atoms with van der Waals surface area (Å²) in [6.07, 6.45) is 0. The van der Waals surface area contributed by atoms with Crippen molar-refractivity contribution in [2.75, 3.05) is 11.9 Å². The van der Waals surface area contributed by atoms with Gasteiger partial charge in [-0.3, -0.25) is 14.9 Å². The van der Waals surface area contributed by atoms with Gasteiger partial charge in [0.05, 0.1) is 6.54 Å². The fourth-order valence-corrected chi connectivity index (χ4v) is 1.69. The molecule has 0 bridgehead atoms. The van der Waals surface area contributed by atoms with Crippen molar-refractivity contribution >= 4 is 17.6 Å². The van der Waals surface area contributed by atoms with Crippen molar-refractivity contribution in [3.8, 4) is 0 Å². The van der Waals surface area contributed by atoms with Crippen LogP contribution in [0.2, 0.25) is 0 Å². The van der Waals surface area contributed by atoms with E-state index in [1.165, 1.54) is 6.07 Å². The summed E-state index contributed by atoms with van der Waals surface area (Å²) in [5.74, 6) is -1.96. The zero-order valence-electron chi connectivity index (χ0n) is 11.7. The molecule has 6 heteroatoms. The van der Waals surface area contributed by atoms with Gasteiger partial charge in [-0.1, -0.05) is 19.9 Å². The average molecular weight is 282 g/mol. The Hall–Kier alpha value is -1.95. The molecule has 0 radical (unpaired) electrons. The van der Waals surface area contributed by atoms with E-state index in [0.29, 0.717) is 11.3 Å². The van der Waals surface area contributed by atoms with Crippen LogP contribution in [0.25, 0.3) is 0 Å². The van der Waals surface area contributed by atoms with Gasteiger partial charge in [0.1, 0.15) is 11.9 Å². The second-order valence-corrected chi connectivity index (χ2v) is 4.95. The van der Waals surface area contributed by atoms with Gasteiger partial charge in [0.15, 0.2) is 0 Å². The number of anilines is 1. The minimum Gasteiger partial charge on any atom is -0.480 e. The summed E-state index contributed by atoms with van der Waals surface area (Å²) in [6, 6.07) is 3.58. The lowest BCUT2D eigenvalue weighted by Gasteiger charge is -2.17. The highest BCUT2D eigenvalue weighted by molar-refractivity contribution is 5.92. The van der Waals surface area contributed by atoms with Crippen LogP contribution in [-0.4, -0.2) is 29.6 Å². The van der Waals surface area contributed by atoms with Gasteiger partial charge in [-0.25, -0.2) is 4.39 Å². The van der Waals surface area contributed by atoms with Gasteiger partial charge in [0.25, 0.3) is 0 Å². The van der Waals surface area contributed by atoms with Gasteiger partial charge >= 0.3 is 5.97 Å². The van der Waals surface area contributed by atoms with Gasteiger partial charge in [-0.15, -0.1) is 0 Å². The van der Waals surface area contributed by atoms with Gasteiger partial charge in [-0.2, -0.15) is 0 Å². The maximum Gasteiger partial charge on any atom is 0.320 e. The lowest BCUT2D eigenvalue weighted by atomic mass is 10.1. The molecule has 1 aromatic rings. The van der Waals surface area contributed by atoms with Crippen molar-refractivity contribution < 1.29 is 19.1 Å². The van der Waals surface area contributed by atoms with E-state index >= 15 is 0 Å². The van der Waals surface area contributed by atoms with Crippen LogP contribution >= 0.6 is 0 Å². The smallest absolute Gasteiger partial charge is 0.320 e. The number of carbonyl (C=O) groups is 2. The Morgan fingerprint density at radius 1 is 1.35 bits per heavy atom. The molecule has 1 rings (SSSR count). The van der Waals surface area contributed by atoms with Crippen LogP contribution in [0.1, 0.15) is 19.4 Å². The van der Waals surface area contributed by atoms with Gasteiger partial charge in [0.2, 0.25) is 5.91 Å². The molecule has 0 spiro atoms. The second kappa shape index (κ2) is 7.00. The van der Waals surface area contributed by atoms with Crippen LogP contribution < -0.4 is 10.6 Å². The highest BCUT2D eigenvalue weighted by Crippen LogP contribution is 2.13. The highest BCUT2D eigenvalue weighted by atomic mass is 19.1. The first-order chi connectivity index (χ1) is 9.31. The fourth-order valence-electron chi connectivity index (χ4n) is 1.69. The van der Waals surface area contributed by atoms with Crippen molar-refractivity contribution in [2.24, 2.45) is 5.92 Å². The molecule has 1 amide bonds. The Bertz CT molecular complexity index is 503. The van der Waals surface area contributed by atoms with Crippen molar-refractivity contribution in [1.29, 1.82) is 0 Å². The molecule has 1 atom stereocenters. The zero-order valence-corrected chi connectivity index (χ0v) is 11.7. The van der Waals surface area contributed by atoms with Gasteiger partial charge in [0, 0.05) is 5.69 Å². The SMILES string of the molecule is Cc1ccc(NC(=O)CNC(C(=O)O)C(C)C)cc1F. The van der Waals surface area contributed by atoms with E-state index in [2.05, 4.69) is 10.6 Å². The van der Waals surface area contributed by atoms with E-state index in [1.807, 2.05) is 0 Å². The number of rotatable bonds is 6. The molecular weight excluding hydrogens is 263 g/mol. The van der Waals surface area contributed by atoms with Crippen molar-refractivity contribution in [2.45, 2.75) is 26.8 Å². The van der Waals surface area contributed by atoms with Crippen LogP contribution in [0.4, 0.5) is 10.1 Å². The quantitative estimate of drug-likeness (QED) is 0.743. The summed E-state index contributed by atoms with van der Waals surface area (Å²) in [5, 5.41) is 14.1. The average Bonchev–Trinajstić information content (AvgIpc) is 2.33. The third kappa shape index (κ3) is 4.62. The molecule has 0 aromatic heterocycles. The zero-order chi connectivity index (χ0) is 15.3. The molecular formula is C14H19FN2O3. The molecule has 0 saturated carbocycles. The molecule has 5 nitrogen and oxygen atoms in total. The van der Waals surface area contributed by atoms with E-state index in [0.717, 1.165) is 0 Å². The Morgan fingerprint density at radius 3 is 2.50 bits per heavy atom. The number of aliphatic carboxylic acids is 1. The lowest BCUT2D eigenvalue weighted by molar-refractivity contribution is -0.140. The number of halogens is 1. The maximum atomic E-state index is 13.3. The predicted molar refractivity (Wildman–Crippen MR) is 74.0 cm³/mol. The normalized spacial score (nSPS) is 12.2. The number of nitrogens with one attached hydrogen (secondary N) is 2. The number of hydrogen-bond donors (Lipinski definition) is 3. The molecule has 0 aliphatic heterocycles. The van der Waals surface area contributed by atoms with Crippen LogP contribution in [-0.2, 0) is 9.59 Å². The number of amides is 1. The van der Waals surface area contributed by atoms with Crippen LogP contribution in [0.5, 0.6) is 0 Å². The number of aryl methyl sites for hydroxylation is 1. The fraction of sp³-hybridized carbons (Fsp3) is 0.429. The summed E-state index contributed by atoms with van der Waals surface area (Å²) >= 11 is 0. The summed E-state index contributed by atoms with van der Waals surface area (Å²) in [4.78, 5) is 22.6. The molecule has 0 saturated heterocycles. The Labute approximate surface area is 117 Å². The van der Waals surface area contributed by atoms with Crippen molar-refractivity contribution in [1.82, 2.24) is 5.32 Å². The topological polar surface area (TPSA) is 78.4 Å².